The van der Waals surface area contributed by atoms with E-state index in [1.807, 2.05) is 49.6 Å². The van der Waals surface area contributed by atoms with Crippen LogP contribution >= 0.6 is 11.3 Å². The monoisotopic (exact) mass is 379 g/mol. The number of nitrogens with zero attached hydrogens (tertiary/aromatic N) is 2. The average molecular weight is 379 g/mol. The zero-order chi connectivity index (χ0) is 19.2. The number of thiazole rings is 1. The van der Waals surface area contributed by atoms with E-state index in [0.29, 0.717) is 12.1 Å². The van der Waals surface area contributed by atoms with Crippen LogP contribution in [-0.2, 0) is 11.3 Å². The average Bonchev–Trinajstić information content (AvgIpc) is 3.16. The predicted octanol–water partition coefficient (Wildman–Crippen LogP) is 4.10. The molecule has 0 aliphatic heterocycles. The van der Waals surface area contributed by atoms with Crippen LogP contribution in [0.15, 0.2) is 48.1 Å². The predicted molar refractivity (Wildman–Crippen MR) is 107 cm³/mol. The van der Waals surface area contributed by atoms with Crippen molar-refractivity contribution >= 4 is 23.0 Å². The quantitative estimate of drug-likeness (QED) is 0.627. The Hall–Kier alpha value is -2.86. The van der Waals surface area contributed by atoms with Crippen LogP contribution < -0.4 is 5.32 Å². The first-order chi connectivity index (χ1) is 13.0. The topological polar surface area (TPSA) is 72.0 Å². The van der Waals surface area contributed by atoms with Gasteiger partial charge in [-0.3, -0.25) is 14.6 Å². The number of Topliss-reactive ketones (excluding diaryl/α,β-unsaturated/α-hetero) is 1. The third-order valence-electron chi connectivity index (χ3n) is 4.35. The Kier molecular flexibility index (Phi) is 6.08. The number of carbonyl (C=O) groups is 2. The summed E-state index contributed by atoms with van der Waals surface area (Å²) in [6, 6.07) is 9.44. The Morgan fingerprint density at radius 3 is 2.56 bits per heavy atom. The van der Waals surface area contributed by atoms with Crippen molar-refractivity contribution in [3.05, 3.63) is 70.5 Å². The van der Waals surface area contributed by atoms with Crippen molar-refractivity contribution in [3.8, 4) is 10.6 Å². The summed E-state index contributed by atoms with van der Waals surface area (Å²) in [6.45, 7) is 4.35. The van der Waals surface area contributed by atoms with E-state index in [1.165, 1.54) is 11.3 Å². The second-order valence-corrected chi connectivity index (χ2v) is 7.24. The molecule has 0 spiro atoms. The van der Waals surface area contributed by atoms with Crippen molar-refractivity contribution in [2.45, 2.75) is 33.2 Å². The summed E-state index contributed by atoms with van der Waals surface area (Å²) in [7, 11) is 0. The van der Waals surface area contributed by atoms with E-state index < -0.39 is 0 Å². The lowest BCUT2D eigenvalue weighted by Gasteiger charge is -2.05. The number of ketones is 1. The van der Waals surface area contributed by atoms with Gasteiger partial charge in [0.1, 0.15) is 5.01 Å². The van der Waals surface area contributed by atoms with Gasteiger partial charge in [0.2, 0.25) is 5.91 Å². The fourth-order valence-electron chi connectivity index (χ4n) is 2.58. The number of aryl methyl sites for hydroxylation is 2. The minimum absolute atomic E-state index is 0.0121. The molecule has 6 heteroatoms. The highest BCUT2D eigenvalue weighted by molar-refractivity contribution is 7.13. The van der Waals surface area contributed by atoms with E-state index in [1.54, 1.807) is 12.4 Å². The van der Waals surface area contributed by atoms with Gasteiger partial charge in [0.25, 0.3) is 0 Å². The summed E-state index contributed by atoms with van der Waals surface area (Å²) < 4.78 is 0. The maximum absolute atomic E-state index is 12.3. The molecule has 0 atom stereocenters. The first-order valence-electron chi connectivity index (χ1n) is 8.75. The van der Waals surface area contributed by atoms with Gasteiger partial charge in [0.05, 0.1) is 12.2 Å². The lowest BCUT2D eigenvalue weighted by atomic mass is 10.0. The van der Waals surface area contributed by atoms with Crippen LogP contribution in [0.1, 0.15) is 40.0 Å². The van der Waals surface area contributed by atoms with Gasteiger partial charge in [0.15, 0.2) is 5.78 Å². The highest BCUT2D eigenvalue weighted by Gasteiger charge is 2.11. The van der Waals surface area contributed by atoms with Crippen molar-refractivity contribution in [2.24, 2.45) is 0 Å². The largest absolute Gasteiger partial charge is 0.350 e. The highest BCUT2D eigenvalue weighted by atomic mass is 32.1. The molecule has 3 aromatic rings. The molecule has 27 heavy (non-hydrogen) atoms. The Bertz CT molecular complexity index is 951. The van der Waals surface area contributed by atoms with E-state index in [4.69, 9.17) is 0 Å². The number of carbonyl (C=O) groups excluding carboxylic acids is 2. The van der Waals surface area contributed by atoms with Crippen LogP contribution in [0.3, 0.4) is 0 Å². The lowest BCUT2D eigenvalue weighted by molar-refractivity contribution is -0.121. The summed E-state index contributed by atoms with van der Waals surface area (Å²) in [5.41, 5.74) is 4.71. The second-order valence-electron chi connectivity index (χ2n) is 6.38. The molecule has 1 aromatic carbocycles. The molecule has 0 saturated heterocycles. The molecule has 0 aliphatic rings. The summed E-state index contributed by atoms with van der Waals surface area (Å²) in [5.74, 6) is -0.160. The van der Waals surface area contributed by atoms with Crippen LogP contribution in [-0.4, -0.2) is 21.7 Å². The van der Waals surface area contributed by atoms with Crippen molar-refractivity contribution < 1.29 is 9.59 Å². The first kappa shape index (κ1) is 18.9. The Labute approximate surface area is 162 Å². The van der Waals surface area contributed by atoms with Crippen molar-refractivity contribution in [1.82, 2.24) is 15.3 Å². The molecule has 0 aliphatic carbocycles. The Morgan fingerprint density at radius 2 is 1.81 bits per heavy atom. The molecular weight excluding hydrogens is 358 g/mol. The summed E-state index contributed by atoms with van der Waals surface area (Å²) >= 11 is 1.53. The third-order valence-corrected chi connectivity index (χ3v) is 5.29. The van der Waals surface area contributed by atoms with E-state index in [9.17, 15) is 9.59 Å². The van der Waals surface area contributed by atoms with Gasteiger partial charge in [-0.1, -0.05) is 12.1 Å². The maximum Gasteiger partial charge on any atom is 0.220 e. The van der Waals surface area contributed by atoms with Crippen molar-refractivity contribution in [2.75, 3.05) is 0 Å². The molecule has 3 rings (SSSR count). The molecular formula is C21H21N3O2S. The third kappa shape index (κ3) is 5.08. The van der Waals surface area contributed by atoms with E-state index in [2.05, 4.69) is 15.3 Å². The molecule has 2 heterocycles. The van der Waals surface area contributed by atoms with E-state index in [-0.39, 0.29) is 24.5 Å². The molecule has 0 radical (unpaired) electrons. The normalized spacial score (nSPS) is 10.6. The van der Waals surface area contributed by atoms with Crippen LogP contribution in [0.2, 0.25) is 0 Å². The number of amides is 1. The van der Waals surface area contributed by atoms with E-state index >= 15 is 0 Å². The molecule has 5 nitrogen and oxygen atoms in total. The van der Waals surface area contributed by atoms with Crippen molar-refractivity contribution in [3.63, 3.8) is 0 Å². The smallest absolute Gasteiger partial charge is 0.220 e. The highest BCUT2D eigenvalue weighted by Crippen LogP contribution is 2.22. The molecule has 0 saturated carbocycles. The summed E-state index contributed by atoms with van der Waals surface area (Å²) in [6.07, 6.45) is 3.83. The van der Waals surface area contributed by atoms with Gasteiger partial charge in [-0.05, 0) is 43.2 Å². The van der Waals surface area contributed by atoms with Crippen LogP contribution in [0, 0.1) is 13.8 Å². The number of nitrogens with one attached hydrogen (secondary N) is 1. The maximum atomic E-state index is 12.3. The minimum Gasteiger partial charge on any atom is -0.350 e. The first-order valence-corrected chi connectivity index (χ1v) is 9.63. The van der Waals surface area contributed by atoms with Gasteiger partial charge in [-0.25, -0.2) is 4.98 Å². The van der Waals surface area contributed by atoms with Crippen molar-refractivity contribution in [1.29, 1.82) is 0 Å². The number of rotatable bonds is 7. The minimum atomic E-state index is -0.148. The summed E-state index contributed by atoms with van der Waals surface area (Å²) in [4.78, 5) is 32.8. The Balaban J connectivity index is 1.48. The van der Waals surface area contributed by atoms with Gasteiger partial charge in [0, 0.05) is 41.7 Å². The van der Waals surface area contributed by atoms with Gasteiger partial charge < -0.3 is 5.32 Å². The zero-order valence-corrected chi connectivity index (χ0v) is 16.2. The molecule has 1 N–H and O–H groups in total. The Morgan fingerprint density at radius 1 is 1.04 bits per heavy atom. The fourth-order valence-corrected chi connectivity index (χ4v) is 3.40. The molecule has 138 valence electrons. The van der Waals surface area contributed by atoms with Crippen LogP contribution in [0.4, 0.5) is 0 Å². The van der Waals surface area contributed by atoms with Crippen LogP contribution in [0.25, 0.3) is 10.6 Å². The molecule has 1 amide bonds. The van der Waals surface area contributed by atoms with Gasteiger partial charge in [-0.2, -0.15) is 0 Å². The van der Waals surface area contributed by atoms with Gasteiger partial charge >= 0.3 is 0 Å². The molecule has 2 aromatic heterocycles. The number of benzene rings is 1. The SMILES string of the molecule is Cc1ccc(C(=O)CCC(=O)NCc2csc(-c3ccncc3)n2)cc1C. The number of hydrogen-bond acceptors (Lipinski definition) is 5. The van der Waals surface area contributed by atoms with Gasteiger partial charge in [-0.15, -0.1) is 11.3 Å². The van der Waals surface area contributed by atoms with E-state index in [0.717, 1.165) is 27.4 Å². The fraction of sp³-hybridized carbons (Fsp3) is 0.238. The number of aromatic nitrogens is 2. The summed E-state index contributed by atoms with van der Waals surface area (Å²) in [5, 5.41) is 5.65. The molecule has 0 bridgehead atoms. The lowest BCUT2D eigenvalue weighted by Crippen LogP contribution is -2.23. The molecule has 0 unspecified atom stereocenters. The zero-order valence-electron chi connectivity index (χ0n) is 15.4. The molecule has 0 fully saturated rings. The standard InChI is InChI=1S/C21H21N3O2S/c1-14-3-4-17(11-15(14)2)19(25)5-6-20(26)23-12-18-13-27-21(24-18)16-7-9-22-10-8-16/h3-4,7-11,13H,5-6,12H2,1-2H3,(H,23,26). The second kappa shape index (κ2) is 8.68. The number of pyridine rings is 1. The number of hydrogen-bond donors (Lipinski definition) is 1. The van der Waals surface area contributed by atoms with Crippen LogP contribution in [0.5, 0.6) is 0 Å².